The van der Waals surface area contributed by atoms with Crippen LogP contribution in [0, 0.1) is 6.92 Å². The number of nitrogens with zero attached hydrogens (tertiary/aromatic N) is 3. The fourth-order valence-corrected chi connectivity index (χ4v) is 4.23. The molecule has 0 atom stereocenters. The molecule has 1 saturated heterocycles. The van der Waals surface area contributed by atoms with Gasteiger partial charge in [0, 0.05) is 60.5 Å². The molecule has 0 spiro atoms. The minimum Gasteiger partial charge on any atom is -0.361 e. The van der Waals surface area contributed by atoms with E-state index in [0.717, 1.165) is 67.8 Å². The van der Waals surface area contributed by atoms with Gasteiger partial charge in [-0.2, -0.15) is 0 Å². The molecular weight excluding hydrogens is 408 g/mol. The number of aryl methyl sites for hydroxylation is 1. The Morgan fingerprint density at radius 3 is 2.84 bits per heavy atom. The first-order valence-corrected chi connectivity index (χ1v) is 11.5. The topological polar surface area (TPSA) is 68.3 Å². The van der Waals surface area contributed by atoms with Gasteiger partial charge in [0.15, 0.2) is 5.96 Å². The molecule has 0 radical (unpaired) electrons. The van der Waals surface area contributed by atoms with Gasteiger partial charge in [-0.15, -0.1) is 0 Å². The van der Waals surface area contributed by atoms with Crippen LogP contribution in [0.15, 0.2) is 47.7 Å². The third kappa shape index (κ3) is 5.50. The van der Waals surface area contributed by atoms with E-state index in [-0.39, 0.29) is 0 Å². The van der Waals surface area contributed by atoms with Crippen molar-refractivity contribution in [3.05, 3.63) is 58.9 Å². The average molecular weight is 439 g/mol. The van der Waals surface area contributed by atoms with Crippen LogP contribution >= 0.6 is 11.6 Å². The summed E-state index contributed by atoms with van der Waals surface area (Å²) < 4.78 is 0. The van der Waals surface area contributed by atoms with Gasteiger partial charge in [0.2, 0.25) is 0 Å². The van der Waals surface area contributed by atoms with Crippen LogP contribution in [-0.2, 0) is 6.42 Å². The quantitative estimate of drug-likeness (QED) is 0.396. The molecule has 3 heterocycles. The number of piperidine rings is 1. The average Bonchev–Trinajstić information content (AvgIpc) is 3.17. The molecule has 0 amide bonds. The first-order valence-electron chi connectivity index (χ1n) is 11.1. The number of guanidine groups is 1. The zero-order valence-corrected chi connectivity index (χ0v) is 19.0. The van der Waals surface area contributed by atoms with E-state index >= 15 is 0 Å². The molecule has 4 rings (SSSR count). The van der Waals surface area contributed by atoms with Gasteiger partial charge in [-0.05, 0) is 68.5 Å². The van der Waals surface area contributed by atoms with Crippen LogP contribution in [0.25, 0.3) is 10.9 Å². The van der Waals surface area contributed by atoms with E-state index < -0.39 is 0 Å². The SMILES string of the molecule is CCNC(=NCCc1c[nH]c2ccc(Cl)cc12)NC1CCN(c2ccc(C)cn2)CC1. The van der Waals surface area contributed by atoms with E-state index in [1.807, 2.05) is 24.4 Å². The van der Waals surface area contributed by atoms with E-state index in [0.29, 0.717) is 6.04 Å². The van der Waals surface area contributed by atoms with Crippen LogP contribution in [-0.4, -0.2) is 48.1 Å². The van der Waals surface area contributed by atoms with Crippen molar-refractivity contribution in [1.82, 2.24) is 20.6 Å². The molecule has 0 saturated carbocycles. The van der Waals surface area contributed by atoms with Gasteiger partial charge in [0.05, 0.1) is 0 Å². The number of aliphatic imine (C=N–C) groups is 1. The van der Waals surface area contributed by atoms with Crippen molar-refractivity contribution in [2.24, 2.45) is 4.99 Å². The van der Waals surface area contributed by atoms with Crippen molar-refractivity contribution in [1.29, 1.82) is 0 Å². The molecule has 0 unspecified atom stereocenters. The Labute approximate surface area is 189 Å². The standard InChI is InChI=1S/C24H31ClN6/c1-3-26-24(27-11-8-18-16-28-22-6-5-19(25)14-21(18)22)30-20-9-12-31(13-10-20)23-7-4-17(2)15-29-23/h4-7,14-16,20,28H,3,8-13H2,1-2H3,(H2,26,27,30). The number of H-pyrrole nitrogens is 1. The molecule has 1 aromatic carbocycles. The largest absolute Gasteiger partial charge is 0.361 e. The highest BCUT2D eigenvalue weighted by atomic mass is 35.5. The molecule has 2 aromatic heterocycles. The number of halogens is 1. The molecule has 1 aliphatic heterocycles. The van der Waals surface area contributed by atoms with E-state index in [1.54, 1.807) is 0 Å². The number of pyridine rings is 1. The number of nitrogens with one attached hydrogen (secondary N) is 3. The summed E-state index contributed by atoms with van der Waals surface area (Å²) in [6, 6.07) is 10.6. The highest BCUT2D eigenvalue weighted by molar-refractivity contribution is 6.31. The van der Waals surface area contributed by atoms with Gasteiger partial charge < -0.3 is 20.5 Å². The van der Waals surface area contributed by atoms with Crippen molar-refractivity contribution in [3.8, 4) is 0 Å². The summed E-state index contributed by atoms with van der Waals surface area (Å²) in [5, 5.41) is 8.96. The van der Waals surface area contributed by atoms with E-state index in [2.05, 4.69) is 57.7 Å². The maximum absolute atomic E-state index is 6.17. The second-order valence-corrected chi connectivity index (χ2v) is 8.55. The molecule has 7 heteroatoms. The number of aromatic nitrogens is 2. The second kappa shape index (κ2) is 10.1. The smallest absolute Gasteiger partial charge is 0.191 e. The lowest BCUT2D eigenvalue weighted by molar-refractivity contribution is 0.459. The van der Waals surface area contributed by atoms with Crippen LogP contribution in [0.2, 0.25) is 5.02 Å². The number of fused-ring (bicyclic) bond motifs is 1. The normalized spacial score (nSPS) is 15.5. The highest BCUT2D eigenvalue weighted by Gasteiger charge is 2.20. The van der Waals surface area contributed by atoms with Crippen molar-refractivity contribution in [2.45, 2.75) is 39.2 Å². The lowest BCUT2D eigenvalue weighted by Gasteiger charge is -2.33. The first kappa shape index (κ1) is 21.5. The zero-order valence-electron chi connectivity index (χ0n) is 18.3. The lowest BCUT2D eigenvalue weighted by Crippen LogP contribution is -2.49. The van der Waals surface area contributed by atoms with E-state index in [9.17, 15) is 0 Å². The number of aromatic amines is 1. The Bertz CT molecular complexity index is 1020. The third-order valence-electron chi connectivity index (χ3n) is 5.78. The molecule has 3 N–H and O–H groups in total. The van der Waals surface area contributed by atoms with Crippen LogP contribution in [0.5, 0.6) is 0 Å². The fourth-order valence-electron chi connectivity index (χ4n) is 4.06. The Kier molecular flexibility index (Phi) is 6.97. The van der Waals surface area contributed by atoms with E-state index in [4.69, 9.17) is 16.6 Å². The van der Waals surface area contributed by atoms with Crippen molar-refractivity contribution < 1.29 is 0 Å². The summed E-state index contributed by atoms with van der Waals surface area (Å²) in [5.41, 5.74) is 3.56. The maximum Gasteiger partial charge on any atom is 0.191 e. The number of hydrogen-bond acceptors (Lipinski definition) is 3. The molecule has 0 aliphatic carbocycles. The van der Waals surface area contributed by atoms with Crippen molar-refractivity contribution >= 4 is 34.3 Å². The minimum absolute atomic E-state index is 0.423. The predicted octanol–water partition coefficient (Wildman–Crippen LogP) is 4.29. The minimum atomic E-state index is 0.423. The zero-order chi connectivity index (χ0) is 21.6. The van der Waals surface area contributed by atoms with Crippen molar-refractivity contribution in [2.75, 3.05) is 31.1 Å². The number of rotatable bonds is 6. The Hall–Kier alpha value is -2.73. The molecule has 3 aromatic rings. The summed E-state index contributed by atoms with van der Waals surface area (Å²) in [4.78, 5) is 15.1. The summed E-state index contributed by atoms with van der Waals surface area (Å²) >= 11 is 6.17. The summed E-state index contributed by atoms with van der Waals surface area (Å²) in [6.07, 6.45) is 7.01. The van der Waals surface area contributed by atoms with Crippen LogP contribution in [0.1, 0.15) is 30.9 Å². The van der Waals surface area contributed by atoms with Gasteiger partial charge >= 0.3 is 0 Å². The third-order valence-corrected chi connectivity index (χ3v) is 6.02. The molecule has 6 nitrogen and oxygen atoms in total. The molecular formula is C24H31ClN6. The van der Waals surface area contributed by atoms with Gasteiger partial charge in [-0.3, -0.25) is 4.99 Å². The molecule has 1 aliphatic rings. The van der Waals surface area contributed by atoms with E-state index in [1.165, 1.54) is 16.5 Å². The number of anilines is 1. The van der Waals surface area contributed by atoms with Gasteiger partial charge in [0.1, 0.15) is 5.82 Å². The summed E-state index contributed by atoms with van der Waals surface area (Å²) in [6.45, 7) is 7.75. The van der Waals surface area contributed by atoms with Gasteiger partial charge in [0.25, 0.3) is 0 Å². The number of benzene rings is 1. The van der Waals surface area contributed by atoms with Gasteiger partial charge in [-0.1, -0.05) is 17.7 Å². The maximum atomic E-state index is 6.17. The fraction of sp³-hybridized carbons (Fsp3) is 0.417. The summed E-state index contributed by atoms with van der Waals surface area (Å²) in [7, 11) is 0. The van der Waals surface area contributed by atoms with Crippen molar-refractivity contribution in [3.63, 3.8) is 0 Å². The molecule has 0 bridgehead atoms. The van der Waals surface area contributed by atoms with Crippen LogP contribution < -0.4 is 15.5 Å². The Balaban J connectivity index is 1.32. The highest BCUT2D eigenvalue weighted by Crippen LogP contribution is 2.23. The Morgan fingerprint density at radius 1 is 1.26 bits per heavy atom. The monoisotopic (exact) mass is 438 g/mol. The molecule has 164 valence electrons. The predicted molar refractivity (Wildman–Crippen MR) is 130 cm³/mol. The van der Waals surface area contributed by atoms with Crippen LogP contribution in [0.3, 0.4) is 0 Å². The lowest BCUT2D eigenvalue weighted by atomic mass is 10.1. The summed E-state index contributed by atoms with van der Waals surface area (Å²) in [5.74, 6) is 1.97. The first-order chi connectivity index (χ1) is 15.1. The van der Waals surface area contributed by atoms with Gasteiger partial charge in [-0.25, -0.2) is 4.98 Å². The molecule has 31 heavy (non-hydrogen) atoms. The van der Waals surface area contributed by atoms with Crippen LogP contribution in [0.4, 0.5) is 5.82 Å². The second-order valence-electron chi connectivity index (χ2n) is 8.11. The Morgan fingerprint density at radius 2 is 2.10 bits per heavy atom. The number of hydrogen-bond donors (Lipinski definition) is 3. The molecule has 1 fully saturated rings.